The molecule has 0 aliphatic rings. The molecule has 0 amide bonds. The van der Waals surface area contributed by atoms with Gasteiger partial charge in [-0.05, 0) is 18.5 Å². The average molecular weight is 406 g/mol. The predicted octanol–water partition coefficient (Wildman–Crippen LogP) is -6.64. The fourth-order valence-electron chi connectivity index (χ4n) is 1.07. The fraction of sp³-hybridized carbons (Fsp3) is 1.00. The fourth-order valence-corrected chi connectivity index (χ4v) is 7.61. The molecule has 0 saturated heterocycles. The summed E-state index contributed by atoms with van der Waals surface area (Å²) in [5.41, 5.74) is 0. The summed E-state index contributed by atoms with van der Waals surface area (Å²) in [6.45, 7) is 0. The molecule has 0 unspecified atom stereocenters. The SMILES string of the molecule is O=S(=O)(O)CCP(CCS(=O)(=O)O)CCS(=O)(=O)O.[H-].[H-].[Na+].[Na+]. The Morgan fingerprint density at radius 2 is 0.810 bits per heavy atom. The van der Waals surface area contributed by atoms with E-state index in [1.165, 1.54) is 0 Å². The minimum atomic E-state index is -4.23. The van der Waals surface area contributed by atoms with Crippen molar-refractivity contribution in [3.63, 3.8) is 0 Å². The normalized spacial score (nSPS) is 12.6. The van der Waals surface area contributed by atoms with Gasteiger partial charge in [0.25, 0.3) is 30.4 Å². The van der Waals surface area contributed by atoms with Crippen LogP contribution in [0.1, 0.15) is 2.85 Å². The maximum atomic E-state index is 10.6. The third-order valence-corrected chi connectivity index (χ3v) is 7.63. The van der Waals surface area contributed by atoms with Gasteiger partial charge in [0.1, 0.15) is 0 Å². The molecule has 0 rings (SSSR count). The van der Waals surface area contributed by atoms with Gasteiger partial charge >= 0.3 is 59.1 Å². The number of rotatable bonds is 9. The molecule has 0 aromatic heterocycles. The van der Waals surface area contributed by atoms with Crippen LogP contribution in [0.3, 0.4) is 0 Å². The van der Waals surface area contributed by atoms with Crippen LogP contribution in [0.5, 0.6) is 0 Å². The van der Waals surface area contributed by atoms with E-state index in [9.17, 15) is 25.3 Å². The van der Waals surface area contributed by atoms with E-state index >= 15 is 0 Å². The van der Waals surface area contributed by atoms with E-state index in [1.807, 2.05) is 0 Å². The van der Waals surface area contributed by atoms with Crippen LogP contribution in [0.25, 0.3) is 0 Å². The second-order valence-electron chi connectivity index (χ2n) is 3.70. The first-order valence-electron chi connectivity index (χ1n) is 4.86. The molecule has 0 aliphatic carbocycles. The van der Waals surface area contributed by atoms with Gasteiger partial charge in [-0.2, -0.15) is 25.3 Å². The summed E-state index contributed by atoms with van der Waals surface area (Å²) < 4.78 is 89.1. The Bertz CT molecular complexity index is 509. The molecule has 0 radical (unpaired) electrons. The molecular formula is C6H17Na2O9PS3. The third kappa shape index (κ3) is 22.2. The zero-order valence-corrected chi connectivity index (χ0v) is 19.0. The predicted molar refractivity (Wildman–Crippen MR) is 73.0 cm³/mol. The van der Waals surface area contributed by atoms with Crippen LogP contribution in [0.2, 0.25) is 0 Å². The molecule has 0 fully saturated rings. The van der Waals surface area contributed by atoms with Crippen LogP contribution < -0.4 is 59.1 Å². The molecule has 21 heavy (non-hydrogen) atoms. The van der Waals surface area contributed by atoms with Gasteiger partial charge in [-0.25, -0.2) is 0 Å². The Kier molecular flexibility index (Phi) is 15.5. The summed E-state index contributed by atoms with van der Waals surface area (Å²) >= 11 is 0. The van der Waals surface area contributed by atoms with Crippen molar-refractivity contribution < 1.29 is 101 Å². The van der Waals surface area contributed by atoms with E-state index in [1.54, 1.807) is 0 Å². The van der Waals surface area contributed by atoms with Crippen LogP contribution in [-0.2, 0) is 30.4 Å². The Balaban J connectivity index is -0.000000270. The van der Waals surface area contributed by atoms with Crippen molar-refractivity contribution in [1.82, 2.24) is 0 Å². The summed E-state index contributed by atoms with van der Waals surface area (Å²) in [4.78, 5) is 0. The molecule has 0 bridgehead atoms. The Labute approximate surface area is 173 Å². The van der Waals surface area contributed by atoms with Gasteiger partial charge in [-0.15, -0.1) is 7.92 Å². The number of hydrogen-bond acceptors (Lipinski definition) is 6. The molecule has 0 heterocycles. The van der Waals surface area contributed by atoms with Crippen molar-refractivity contribution >= 4 is 38.3 Å². The van der Waals surface area contributed by atoms with Crippen molar-refractivity contribution in [3.8, 4) is 0 Å². The summed E-state index contributed by atoms with van der Waals surface area (Å²) in [5, 5.41) is 0. The first kappa shape index (κ1) is 28.0. The molecule has 9 nitrogen and oxygen atoms in total. The summed E-state index contributed by atoms with van der Waals surface area (Å²) in [6.07, 6.45) is -0.336. The maximum absolute atomic E-state index is 10.6. The average Bonchev–Trinajstić information content (AvgIpc) is 2.11. The van der Waals surface area contributed by atoms with E-state index in [0.717, 1.165) is 0 Å². The van der Waals surface area contributed by atoms with Crippen LogP contribution >= 0.6 is 7.92 Å². The second-order valence-corrected chi connectivity index (χ2v) is 11.1. The van der Waals surface area contributed by atoms with Gasteiger partial charge in [-0.1, -0.05) is 0 Å². The zero-order chi connectivity index (χ0) is 15.3. The van der Waals surface area contributed by atoms with Crippen LogP contribution in [0.15, 0.2) is 0 Å². The first-order valence-corrected chi connectivity index (χ1v) is 11.6. The molecule has 15 heteroatoms. The molecule has 0 aromatic carbocycles. The van der Waals surface area contributed by atoms with Gasteiger partial charge in [0.15, 0.2) is 0 Å². The topological polar surface area (TPSA) is 163 Å². The molecule has 0 saturated carbocycles. The Morgan fingerprint density at radius 1 is 0.619 bits per heavy atom. The monoisotopic (exact) mass is 406 g/mol. The van der Waals surface area contributed by atoms with E-state index in [0.29, 0.717) is 0 Å². The summed E-state index contributed by atoms with van der Waals surface area (Å²) in [7, 11) is -14.1. The molecule has 0 aliphatic heterocycles. The summed E-state index contributed by atoms with van der Waals surface area (Å²) in [5.74, 6) is -1.89. The first-order chi connectivity index (χ1) is 8.29. The molecule has 0 atom stereocenters. The minimum Gasteiger partial charge on any atom is -1.00 e. The molecule has 0 aromatic rings. The van der Waals surface area contributed by atoms with E-state index in [4.69, 9.17) is 13.7 Å². The van der Waals surface area contributed by atoms with Crippen molar-refractivity contribution in [2.75, 3.05) is 35.7 Å². The quantitative estimate of drug-likeness (QED) is 0.192. The minimum absolute atomic E-state index is 0. The standard InChI is InChI=1S/C6H15O9PS3.2Na.2H/c7-17(8,9)4-1-16(2-5-18(10,11)12)3-6-19(13,14)15;;;;/h1-6H2,(H,7,8,9)(H,10,11,12)(H,13,14,15);;;;/q;2*+1;2*-1. The smallest absolute Gasteiger partial charge is 1.00 e. The van der Waals surface area contributed by atoms with Crippen LogP contribution in [0, 0.1) is 0 Å². The Hall–Kier alpha value is 2.16. The van der Waals surface area contributed by atoms with Gasteiger partial charge in [0, 0.05) is 0 Å². The third-order valence-electron chi connectivity index (χ3n) is 2.00. The largest absolute Gasteiger partial charge is 1.00 e. The van der Waals surface area contributed by atoms with Crippen LogP contribution in [-0.4, -0.2) is 74.7 Å². The maximum Gasteiger partial charge on any atom is 1.00 e. The van der Waals surface area contributed by atoms with Gasteiger partial charge in [-0.3, -0.25) is 13.7 Å². The van der Waals surface area contributed by atoms with Gasteiger partial charge < -0.3 is 2.85 Å². The van der Waals surface area contributed by atoms with Crippen molar-refractivity contribution in [1.29, 1.82) is 0 Å². The molecule has 3 N–H and O–H groups in total. The van der Waals surface area contributed by atoms with Crippen molar-refractivity contribution in [2.45, 2.75) is 0 Å². The molecular weight excluding hydrogens is 389 g/mol. The van der Waals surface area contributed by atoms with E-state index in [2.05, 4.69) is 0 Å². The van der Waals surface area contributed by atoms with E-state index < -0.39 is 55.5 Å². The van der Waals surface area contributed by atoms with Crippen LogP contribution in [0.4, 0.5) is 0 Å². The van der Waals surface area contributed by atoms with E-state index in [-0.39, 0.29) is 80.5 Å². The molecule has 120 valence electrons. The number of hydrogen-bond donors (Lipinski definition) is 3. The second kappa shape index (κ2) is 11.7. The summed E-state index contributed by atoms with van der Waals surface area (Å²) in [6, 6.07) is 0. The molecule has 0 spiro atoms. The van der Waals surface area contributed by atoms with Crippen molar-refractivity contribution in [2.24, 2.45) is 0 Å². The van der Waals surface area contributed by atoms with Crippen molar-refractivity contribution in [3.05, 3.63) is 0 Å². The Morgan fingerprint density at radius 3 is 0.952 bits per heavy atom. The zero-order valence-electron chi connectivity index (χ0n) is 13.7. The van der Waals surface area contributed by atoms with Gasteiger partial charge in [0.05, 0.1) is 17.3 Å². The van der Waals surface area contributed by atoms with Gasteiger partial charge in [0.2, 0.25) is 0 Å².